The minimum atomic E-state index is -0.168. The molecule has 1 heterocycles. The predicted molar refractivity (Wildman–Crippen MR) is 79.9 cm³/mol. The molecule has 0 radical (unpaired) electrons. The van der Waals surface area contributed by atoms with Crippen LogP contribution in [-0.4, -0.2) is 37.4 Å². The van der Waals surface area contributed by atoms with Gasteiger partial charge in [0.2, 0.25) is 0 Å². The van der Waals surface area contributed by atoms with E-state index in [9.17, 15) is 5.11 Å². The third-order valence-electron chi connectivity index (χ3n) is 4.62. The van der Waals surface area contributed by atoms with Crippen molar-refractivity contribution in [1.82, 2.24) is 0 Å². The lowest BCUT2D eigenvalue weighted by atomic mass is 10.0. The van der Waals surface area contributed by atoms with Crippen molar-refractivity contribution in [2.24, 2.45) is 0 Å². The van der Waals surface area contributed by atoms with Crippen LogP contribution in [0.2, 0.25) is 0 Å². The van der Waals surface area contributed by atoms with E-state index >= 15 is 0 Å². The number of benzene rings is 1. The molecule has 0 spiro atoms. The Morgan fingerprint density at radius 2 is 1.74 bits per heavy atom. The van der Waals surface area contributed by atoms with E-state index in [0.717, 1.165) is 25.9 Å². The van der Waals surface area contributed by atoms with Crippen LogP contribution in [-0.2, 0) is 0 Å². The van der Waals surface area contributed by atoms with E-state index in [4.69, 9.17) is 0 Å². The molecular formula is C16H24N2O. The standard InChI is InChI=1S/C16H24N2O/c1-17-11-12-18(14-8-6-5-7-13(14)17)15-9-3-2-4-10-16(15)19/h5-8,15-16,19H,2-4,9-12H2,1H3. The first-order chi connectivity index (χ1) is 9.27. The Bertz CT molecular complexity index is 435. The molecule has 19 heavy (non-hydrogen) atoms. The summed E-state index contributed by atoms with van der Waals surface area (Å²) in [4.78, 5) is 4.76. The summed E-state index contributed by atoms with van der Waals surface area (Å²) in [7, 11) is 2.15. The van der Waals surface area contributed by atoms with Crippen molar-refractivity contribution in [2.45, 2.75) is 44.2 Å². The number of fused-ring (bicyclic) bond motifs is 1. The van der Waals surface area contributed by atoms with Gasteiger partial charge in [0.15, 0.2) is 0 Å². The topological polar surface area (TPSA) is 26.7 Å². The average Bonchev–Trinajstić information content (AvgIpc) is 2.65. The molecule has 0 bridgehead atoms. The Balaban J connectivity index is 1.90. The molecule has 1 aromatic carbocycles. The number of anilines is 2. The minimum absolute atomic E-state index is 0.168. The third-order valence-corrected chi connectivity index (χ3v) is 4.62. The van der Waals surface area contributed by atoms with Crippen LogP contribution < -0.4 is 9.80 Å². The van der Waals surface area contributed by atoms with Crippen molar-refractivity contribution < 1.29 is 5.11 Å². The molecule has 1 fully saturated rings. The molecule has 104 valence electrons. The highest BCUT2D eigenvalue weighted by Crippen LogP contribution is 2.36. The Hall–Kier alpha value is -1.22. The summed E-state index contributed by atoms with van der Waals surface area (Å²) >= 11 is 0. The largest absolute Gasteiger partial charge is 0.391 e. The summed E-state index contributed by atoms with van der Waals surface area (Å²) in [6, 6.07) is 8.89. The van der Waals surface area contributed by atoms with Crippen molar-refractivity contribution in [3.63, 3.8) is 0 Å². The molecular weight excluding hydrogens is 236 g/mol. The van der Waals surface area contributed by atoms with Crippen LogP contribution in [0.3, 0.4) is 0 Å². The monoisotopic (exact) mass is 260 g/mol. The van der Waals surface area contributed by atoms with Crippen LogP contribution in [0.1, 0.15) is 32.1 Å². The van der Waals surface area contributed by atoms with Crippen LogP contribution >= 0.6 is 0 Å². The Labute approximate surface area is 115 Å². The molecule has 3 nitrogen and oxygen atoms in total. The van der Waals surface area contributed by atoms with Gasteiger partial charge in [-0.1, -0.05) is 31.4 Å². The van der Waals surface area contributed by atoms with Crippen LogP contribution in [0, 0.1) is 0 Å². The number of aliphatic hydroxyl groups excluding tert-OH is 1. The molecule has 2 aliphatic rings. The lowest BCUT2D eigenvalue weighted by Crippen LogP contribution is -2.49. The molecule has 0 aromatic heterocycles. The number of para-hydroxylation sites is 2. The Kier molecular flexibility index (Phi) is 3.65. The van der Waals surface area contributed by atoms with Gasteiger partial charge in [0, 0.05) is 20.1 Å². The number of aliphatic hydroxyl groups is 1. The van der Waals surface area contributed by atoms with E-state index in [0.29, 0.717) is 6.04 Å². The first-order valence-electron chi connectivity index (χ1n) is 7.52. The van der Waals surface area contributed by atoms with E-state index in [1.54, 1.807) is 0 Å². The second-order valence-corrected chi connectivity index (χ2v) is 5.88. The lowest BCUT2D eigenvalue weighted by Gasteiger charge is -2.42. The summed E-state index contributed by atoms with van der Waals surface area (Å²) in [6.07, 6.45) is 5.60. The van der Waals surface area contributed by atoms with Gasteiger partial charge in [0.25, 0.3) is 0 Å². The summed E-state index contributed by atoms with van der Waals surface area (Å²) in [5.74, 6) is 0. The number of hydrogen-bond acceptors (Lipinski definition) is 3. The molecule has 1 aliphatic heterocycles. The van der Waals surface area contributed by atoms with E-state index in [1.807, 2.05) is 0 Å². The van der Waals surface area contributed by atoms with Gasteiger partial charge in [-0.2, -0.15) is 0 Å². The first-order valence-corrected chi connectivity index (χ1v) is 7.52. The quantitative estimate of drug-likeness (QED) is 0.786. The van der Waals surface area contributed by atoms with Crippen molar-refractivity contribution in [1.29, 1.82) is 0 Å². The van der Waals surface area contributed by atoms with Crippen LogP contribution in [0.5, 0.6) is 0 Å². The van der Waals surface area contributed by atoms with Gasteiger partial charge in [-0.3, -0.25) is 0 Å². The Morgan fingerprint density at radius 3 is 2.58 bits per heavy atom. The third kappa shape index (κ3) is 2.44. The van der Waals surface area contributed by atoms with Gasteiger partial charge in [0.05, 0.1) is 23.5 Å². The summed E-state index contributed by atoms with van der Waals surface area (Å²) in [6.45, 7) is 2.06. The van der Waals surface area contributed by atoms with Gasteiger partial charge in [0.1, 0.15) is 0 Å². The maximum Gasteiger partial charge on any atom is 0.0743 e. The fourth-order valence-electron chi connectivity index (χ4n) is 3.50. The average molecular weight is 260 g/mol. The minimum Gasteiger partial charge on any atom is -0.391 e. The Morgan fingerprint density at radius 1 is 1.00 bits per heavy atom. The first kappa shape index (κ1) is 12.8. The van der Waals surface area contributed by atoms with Gasteiger partial charge >= 0.3 is 0 Å². The lowest BCUT2D eigenvalue weighted by molar-refractivity contribution is 0.132. The second-order valence-electron chi connectivity index (χ2n) is 5.88. The van der Waals surface area contributed by atoms with Crippen LogP contribution in [0.25, 0.3) is 0 Å². The van der Waals surface area contributed by atoms with Gasteiger partial charge < -0.3 is 14.9 Å². The molecule has 0 saturated heterocycles. The summed E-state index contributed by atoms with van der Waals surface area (Å²) < 4.78 is 0. The van der Waals surface area contributed by atoms with Crippen molar-refractivity contribution >= 4 is 11.4 Å². The molecule has 3 heteroatoms. The van der Waals surface area contributed by atoms with E-state index in [-0.39, 0.29) is 6.10 Å². The highest BCUT2D eigenvalue weighted by Gasteiger charge is 2.31. The van der Waals surface area contributed by atoms with Crippen LogP contribution in [0.4, 0.5) is 11.4 Å². The zero-order valence-corrected chi connectivity index (χ0v) is 11.8. The second kappa shape index (κ2) is 5.41. The van der Waals surface area contributed by atoms with Gasteiger partial charge in [-0.05, 0) is 25.0 Å². The maximum absolute atomic E-state index is 10.4. The summed E-state index contributed by atoms with van der Waals surface area (Å²) in [5.41, 5.74) is 2.59. The van der Waals surface area contributed by atoms with Crippen molar-refractivity contribution in [3.05, 3.63) is 24.3 Å². The summed E-state index contributed by atoms with van der Waals surface area (Å²) in [5, 5.41) is 10.4. The molecule has 1 aromatic rings. The fourth-order valence-corrected chi connectivity index (χ4v) is 3.50. The normalized spacial score (nSPS) is 27.9. The predicted octanol–water partition coefficient (Wildman–Crippen LogP) is 2.64. The number of likely N-dealkylation sites (N-methyl/N-ethyl adjacent to an activating group) is 1. The van der Waals surface area contributed by atoms with Crippen LogP contribution in [0.15, 0.2) is 24.3 Å². The molecule has 2 atom stereocenters. The maximum atomic E-state index is 10.4. The highest BCUT2D eigenvalue weighted by molar-refractivity contribution is 5.73. The smallest absolute Gasteiger partial charge is 0.0743 e. The zero-order valence-electron chi connectivity index (χ0n) is 11.8. The number of nitrogens with zero attached hydrogens (tertiary/aromatic N) is 2. The highest BCUT2D eigenvalue weighted by atomic mass is 16.3. The molecule has 2 unspecified atom stereocenters. The zero-order chi connectivity index (χ0) is 13.2. The SMILES string of the molecule is CN1CCN(C2CCCCCC2O)c2ccccc21. The van der Waals surface area contributed by atoms with Gasteiger partial charge in [-0.15, -0.1) is 0 Å². The number of hydrogen-bond donors (Lipinski definition) is 1. The van der Waals surface area contributed by atoms with Crippen molar-refractivity contribution in [3.8, 4) is 0 Å². The van der Waals surface area contributed by atoms with E-state index in [2.05, 4.69) is 41.1 Å². The van der Waals surface area contributed by atoms with E-state index < -0.39 is 0 Å². The number of rotatable bonds is 1. The molecule has 1 aliphatic carbocycles. The molecule has 3 rings (SSSR count). The van der Waals surface area contributed by atoms with E-state index in [1.165, 1.54) is 30.6 Å². The van der Waals surface area contributed by atoms with Crippen molar-refractivity contribution in [2.75, 3.05) is 29.9 Å². The van der Waals surface area contributed by atoms with Gasteiger partial charge in [-0.25, -0.2) is 0 Å². The molecule has 0 amide bonds. The molecule has 1 N–H and O–H groups in total. The molecule has 1 saturated carbocycles. The fraction of sp³-hybridized carbons (Fsp3) is 0.625.